The van der Waals surface area contributed by atoms with Crippen molar-refractivity contribution in [3.63, 3.8) is 0 Å². The van der Waals surface area contributed by atoms with Crippen LogP contribution in [0.25, 0.3) is 0 Å². The molecular formula is C18H12Cl2F3N3O3S. The Labute approximate surface area is 179 Å². The first-order chi connectivity index (χ1) is 13.9. The lowest BCUT2D eigenvalue weighted by Gasteiger charge is -2.14. The standard InChI is InChI=1S/C18H12Cl2F3N3O3S/c1-26-7-6-16(24-26)17(27)12-8-10(19)2-5-15(12)25-30(28,29)11-3-4-14(20)13(9-11)18(21,22)23/h2-9,25H,1H3. The topological polar surface area (TPSA) is 81.1 Å². The Hall–Kier alpha value is -2.56. The van der Waals surface area contributed by atoms with Crippen molar-refractivity contribution in [2.75, 3.05) is 4.72 Å². The van der Waals surface area contributed by atoms with Crippen molar-refractivity contribution < 1.29 is 26.4 Å². The van der Waals surface area contributed by atoms with E-state index in [-0.39, 0.29) is 22.0 Å². The molecule has 0 bridgehead atoms. The van der Waals surface area contributed by atoms with Gasteiger partial charge in [-0.2, -0.15) is 18.3 Å². The molecule has 12 heteroatoms. The average molecular weight is 478 g/mol. The molecule has 0 amide bonds. The lowest BCUT2D eigenvalue weighted by atomic mass is 10.1. The number of benzene rings is 2. The number of alkyl halides is 3. The minimum Gasteiger partial charge on any atom is -0.287 e. The van der Waals surface area contributed by atoms with Crippen LogP contribution in [0.15, 0.2) is 53.6 Å². The van der Waals surface area contributed by atoms with Crippen molar-refractivity contribution in [3.05, 3.63) is 75.5 Å². The first-order valence-corrected chi connectivity index (χ1v) is 10.4. The van der Waals surface area contributed by atoms with Gasteiger partial charge in [-0.1, -0.05) is 23.2 Å². The second kappa shape index (κ2) is 7.93. The number of halogens is 5. The van der Waals surface area contributed by atoms with Crippen LogP contribution >= 0.6 is 23.2 Å². The number of rotatable bonds is 5. The zero-order valence-corrected chi connectivity index (χ0v) is 17.4. The number of anilines is 1. The van der Waals surface area contributed by atoms with Crippen molar-refractivity contribution in [1.82, 2.24) is 9.78 Å². The molecule has 0 unspecified atom stereocenters. The maximum absolute atomic E-state index is 13.1. The largest absolute Gasteiger partial charge is 0.417 e. The van der Waals surface area contributed by atoms with Crippen LogP contribution < -0.4 is 4.72 Å². The van der Waals surface area contributed by atoms with Crippen LogP contribution in [0.5, 0.6) is 0 Å². The molecule has 0 fully saturated rings. The average Bonchev–Trinajstić information content (AvgIpc) is 3.08. The highest BCUT2D eigenvalue weighted by Gasteiger charge is 2.34. The summed E-state index contributed by atoms with van der Waals surface area (Å²) in [6.45, 7) is 0. The van der Waals surface area contributed by atoms with E-state index in [1.54, 1.807) is 7.05 Å². The minimum absolute atomic E-state index is 0.0334. The molecule has 0 aliphatic carbocycles. The summed E-state index contributed by atoms with van der Waals surface area (Å²) in [5.74, 6) is -0.622. The van der Waals surface area contributed by atoms with E-state index in [0.717, 1.165) is 12.1 Å². The molecule has 1 heterocycles. The van der Waals surface area contributed by atoms with E-state index < -0.39 is 37.5 Å². The highest BCUT2D eigenvalue weighted by atomic mass is 35.5. The summed E-state index contributed by atoms with van der Waals surface area (Å²) in [5.41, 5.74) is -1.55. The zero-order valence-electron chi connectivity index (χ0n) is 15.0. The van der Waals surface area contributed by atoms with Gasteiger partial charge in [0.1, 0.15) is 5.69 Å². The fourth-order valence-electron chi connectivity index (χ4n) is 2.56. The molecule has 3 rings (SSSR count). The molecule has 0 radical (unpaired) electrons. The number of nitrogens with zero attached hydrogens (tertiary/aromatic N) is 2. The third-order valence-electron chi connectivity index (χ3n) is 3.97. The van der Waals surface area contributed by atoms with Crippen molar-refractivity contribution in [3.8, 4) is 0 Å². The normalized spacial score (nSPS) is 12.1. The molecule has 158 valence electrons. The van der Waals surface area contributed by atoms with Gasteiger partial charge in [-0.15, -0.1) is 0 Å². The Balaban J connectivity index is 2.03. The van der Waals surface area contributed by atoms with Crippen LogP contribution in [-0.2, 0) is 23.2 Å². The number of hydrogen-bond acceptors (Lipinski definition) is 4. The zero-order chi connectivity index (χ0) is 22.3. The summed E-state index contributed by atoms with van der Waals surface area (Å²) >= 11 is 11.5. The summed E-state index contributed by atoms with van der Waals surface area (Å²) in [7, 11) is -2.89. The van der Waals surface area contributed by atoms with Crippen LogP contribution in [0, 0.1) is 0 Å². The van der Waals surface area contributed by atoms with Gasteiger partial charge in [0.05, 0.1) is 21.2 Å². The summed E-state index contributed by atoms with van der Waals surface area (Å²) in [5, 5.41) is 3.48. The van der Waals surface area contributed by atoms with Crippen molar-refractivity contribution >= 4 is 44.7 Å². The minimum atomic E-state index is -4.84. The second-order valence-electron chi connectivity index (χ2n) is 6.14. The molecule has 2 aromatic carbocycles. The number of sulfonamides is 1. The Morgan fingerprint density at radius 2 is 1.80 bits per heavy atom. The maximum atomic E-state index is 13.1. The number of carbonyl (C=O) groups is 1. The van der Waals surface area contributed by atoms with Crippen LogP contribution in [-0.4, -0.2) is 24.0 Å². The summed E-state index contributed by atoms with van der Waals surface area (Å²) < 4.78 is 68.2. The molecule has 0 aliphatic rings. The second-order valence-corrected chi connectivity index (χ2v) is 8.66. The predicted molar refractivity (Wildman–Crippen MR) is 105 cm³/mol. The smallest absolute Gasteiger partial charge is 0.287 e. The van der Waals surface area contributed by atoms with Crippen molar-refractivity contribution in [1.29, 1.82) is 0 Å². The third-order valence-corrected chi connectivity index (χ3v) is 5.90. The molecular weight excluding hydrogens is 466 g/mol. The van der Waals surface area contributed by atoms with Crippen LogP contribution in [0.3, 0.4) is 0 Å². The van der Waals surface area contributed by atoms with Gasteiger partial charge in [-0.05, 0) is 42.5 Å². The molecule has 0 saturated carbocycles. The number of ketones is 1. The molecule has 0 spiro atoms. The van der Waals surface area contributed by atoms with E-state index >= 15 is 0 Å². The Morgan fingerprint density at radius 1 is 1.10 bits per heavy atom. The fourth-order valence-corrected chi connectivity index (χ4v) is 4.06. The molecule has 0 aliphatic heterocycles. The lowest BCUT2D eigenvalue weighted by Crippen LogP contribution is -2.17. The van der Waals surface area contributed by atoms with E-state index in [2.05, 4.69) is 9.82 Å². The SMILES string of the molecule is Cn1ccc(C(=O)c2cc(Cl)ccc2NS(=O)(=O)c2ccc(Cl)c(C(F)(F)F)c2)n1. The van der Waals surface area contributed by atoms with E-state index in [9.17, 15) is 26.4 Å². The quantitative estimate of drug-likeness (QED) is 0.536. The first-order valence-electron chi connectivity index (χ1n) is 8.12. The number of nitrogens with one attached hydrogen (secondary N) is 1. The Morgan fingerprint density at radius 3 is 2.40 bits per heavy atom. The third kappa shape index (κ3) is 4.61. The summed E-state index contributed by atoms with van der Waals surface area (Å²) in [6, 6.07) is 7.40. The Kier molecular flexibility index (Phi) is 5.85. The van der Waals surface area contributed by atoms with Gasteiger partial charge in [-0.25, -0.2) is 8.42 Å². The molecule has 1 N–H and O–H groups in total. The molecule has 6 nitrogen and oxygen atoms in total. The lowest BCUT2D eigenvalue weighted by molar-refractivity contribution is -0.137. The van der Waals surface area contributed by atoms with E-state index in [4.69, 9.17) is 23.2 Å². The molecule has 0 atom stereocenters. The predicted octanol–water partition coefficient (Wildman–Crippen LogP) is 4.78. The van der Waals surface area contributed by atoms with Crippen LogP contribution in [0.2, 0.25) is 10.0 Å². The monoisotopic (exact) mass is 477 g/mol. The van der Waals surface area contributed by atoms with Gasteiger partial charge in [-0.3, -0.25) is 14.2 Å². The van der Waals surface area contributed by atoms with E-state index in [1.165, 1.54) is 35.1 Å². The number of carbonyl (C=O) groups excluding carboxylic acids is 1. The van der Waals surface area contributed by atoms with Gasteiger partial charge in [0, 0.05) is 23.8 Å². The maximum Gasteiger partial charge on any atom is 0.417 e. The first kappa shape index (κ1) is 22.1. The highest BCUT2D eigenvalue weighted by Crippen LogP contribution is 2.36. The number of aryl methyl sites for hydroxylation is 1. The van der Waals surface area contributed by atoms with Crippen LogP contribution in [0.4, 0.5) is 18.9 Å². The Bertz CT molecular complexity index is 1240. The van der Waals surface area contributed by atoms with Gasteiger partial charge in [0.25, 0.3) is 10.0 Å². The molecule has 0 saturated heterocycles. The fraction of sp³-hybridized carbons (Fsp3) is 0.111. The van der Waals surface area contributed by atoms with Gasteiger partial charge in [0.2, 0.25) is 5.78 Å². The van der Waals surface area contributed by atoms with Crippen molar-refractivity contribution in [2.45, 2.75) is 11.1 Å². The summed E-state index contributed by atoms with van der Waals surface area (Å²) in [6.07, 6.45) is -3.32. The molecule has 30 heavy (non-hydrogen) atoms. The number of hydrogen-bond donors (Lipinski definition) is 1. The van der Waals surface area contributed by atoms with E-state index in [0.29, 0.717) is 6.07 Å². The molecule has 3 aromatic rings. The molecule has 1 aromatic heterocycles. The number of aromatic nitrogens is 2. The van der Waals surface area contributed by atoms with Crippen molar-refractivity contribution in [2.24, 2.45) is 7.05 Å². The highest BCUT2D eigenvalue weighted by molar-refractivity contribution is 7.92. The summed E-state index contributed by atoms with van der Waals surface area (Å²) in [4.78, 5) is 12.1. The van der Waals surface area contributed by atoms with Gasteiger partial charge < -0.3 is 0 Å². The van der Waals surface area contributed by atoms with Gasteiger partial charge in [0.15, 0.2) is 0 Å². The van der Waals surface area contributed by atoms with Crippen LogP contribution in [0.1, 0.15) is 21.6 Å². The van der Waals surface area contributed by atoms with E-state index in [1.807, 2.05) is 0 Å². The van der Waals surface area contributed by atoms with Gasteiger partial charge >= 0.3 is 6.18 Å².